The summed E-state index contributed by atoms with van der Waals surface area (Å²) in [5.41, 5.74) is 7.87. The minimum Gasteiger partial charge on any atom is -0.461 e. The molecule has 3 fully saturated rings. The molecule has 0 bridgehead atoms. The van der Waals surface area contributed by atoms with Gasteiger partial charge in [-0.3, -0.25) is 9.29 Å². The van der Waals surface area contributed by atoms with E-state index in [0.29, 0.717) is 72.3 Å². The predicted molar refractivity (Wildman–Crippen MR) is 173 cm³/mol. The second kappa shape index (κ2) is 12.2. The van der Waals surface area contributed by atoms with E-state index in [1.165, 1.54) is 6.07 Å². The summed E-state index contributed by atoms with van der Waals surface area (Å²) in [6, 6.07) is 6.42. The zero-order valence-electron chi connectivity index (χ0n) is 25.9. The molecule has 0 saturated carbocycles. The van der Waals surface area contributed by atoms with Crippen LogP contribution in [-0.4, -0.2) is 78.1 Å². The van der Waals surface area contributed by atoms with Crippen LogP contribution in [0.5, 0.6) is 6.01 Å². The Labute approximate surface area is 266 Å². The highest BCUT2D eigenvalue weighted by molar-refractivity contribution is 6.04. The third kappa shape index (κ3) is 4.99. The molecule has 2 N–H and O–H groups in total. The van der Waals surface area contributed by atoms with Crippen molar-refractivity contribution in [1.82, 2.24) is 19.9 Å². The van der Waals surface area contributed by atoms with E-state index in [-0.39, 0.29) is 34.4 Å². The van der Waals surface area contributed by atoms with Crippen LogP contribution in [0.2, 0.25) is 0 Å². The lowest BCUT2D eigenvalue weighted by Crippen LogP contribution is -2.43. The lowest BCUT2D eigenvalue weighted by Gasteiger charge is -2.32. The SMILES string of the molecule is C#Cc1c(F)ccc2cc(N)cc(-c3nc4c5c(nc(OCC67CCCN6CCC7)nc5c3F)N3CCCOCC3CC4)c12.CF. The van der Waals surface area contributed by atoms with Crippen molar-refractivity contribution in [2.45, 2.75) is 56.5 Å². The van der Waals surface area contributed by atoms with Gasteiger partial charge in [0.2, 0.25) is 0 Å². The van der Waals surface area contributed by atoms with Crippen molar-refractivity contribution in [1.29, 1.82) is 0 Å². The van der Waals surface area contributed by atoms with Gasteiger partial charge in [0.1, 0.15) is 29.5 Å². The third-order valence-electron chi connectivity index (χ3n) is 10.0. The van der Waals surface area contributed by atoms with Gasteiger partial charge >= 0.3 is 6.01 Å². The number of rotatable bonds is 4. The molecule has 8 nitrogen and oxygen atoms in total. The van der Waals surface area contributed by atoms with E-state index in [4.69, 9.17) is 36.6 Å². The first-order valence-electron chi connectivity index (χ1n) is 15.9. The minimum atomic E-state index is -0.637. The van der Waals surface area contributed by atoms with Gasteiger partial charge < -0.3 is 20.1 Å². The van der Waals surface area contributed by atoms with Crippen molar-refractivity contribution >= 4 is 33.2 Å². The number of anilines is 2. The van der Waals surface area contributed by atoms with Gasteiger partial charge in [-0.15, -0.1) is 6.42 Å². The fraction of sp³-hybridized carbons (Fsp3) is 0.457. The molecular formula is C35H37F3N6O2. The highest BCUT2D eigenvalue weighted by Crippen LogP contribution is 2.43. The van der Waals surface area contributed by atoms with Gasteiger partial charge in [0.05, 0.1) is 42.0 Å². The molecule has 4 aliphatic rings. The number of hydrogen-bond donors (Lipinski definition) is 1. The first-order valence-corrected chi connectivity index (χ1v) is 15.9. The maximum Gasteiger partial charge on any atom is 0.319 e. The van der Waals surface area contributed by atoms with Crippen LogP contribution in [0.15, 0.2) is 24.3 Å². The number of hydrogen-bond acceptors (Lipinski definition) is 8. The van der Waals surface area contributed by atoms with Gasteiger partial charge in [-0.2, -0.15) is 9.97 Å². The van der Waals surface area contributed by atoms with Crippen LogP contribution < -0.4 is 15.4 Å². The van der Waals surface area contributed by atoms with E-state index in [0.717, 1.165) is 58.2 Å². The largest absolute Gasteiger partial charge is 0.461 e. The van der Waals surface area contributed by atoms with Gasteiger partial charge in [-0.25, -0.2) is 13.8 Å². The lowest BCUT2D eigenvalue weighted by atomic mass is 9.95. The van der Waals surface area contributed by atoms with E-state index >= 15 is 4.39 Å². The van der Waals surface area contributed by atoms with Crippen LogP contribution in [0, 0.1) is 24.0 Å². The van der Waals surface area contributed by atoms with E-state index in [1.54, 1.807) is 18.2 Å². The maximum atomic E-state index is 17.0. The Morgan fingerprint density at radius 1 is 1.07 bits per heavy atom. The molecule has 0 radical (unpaired) electrons. The molecule has 11 heteroatoms. The second-order valence-corrected chi connectivity index (χ2v) is 12.5. The molecule has 46 heavy (non-hydrogen) atoms. The standard InChI is InChI=1S/C34H34F2N6O2.CH3F/c1-2-23-25(35)8-6-20-16-21(37)17-24(27(20)23)30-29(36)31-28-26(38-30)9-7-22-18-43-15-5-14-42(22)32(28)40-33(39-31)44-19-34-10-3-12-41(34)13-4-11-34;1-2/h1,6,8,16-17,22H,3-5,7,9-15,18-19,37H2;1H3. The first kappa shape index (κ1) is 30.5. The Balaban J connectivity index is 0.00000166. The van der Waals surface area contributed by atoms with Crippen molar-refractivity contribution in [3.05, 3.63) is 47.2 Å². The number of aromatic nitrogens is 3. The summed E-state index contributed by atoms with van der Waals surface area (Å²) in [6.07, 6.45) is 12.3. The number of ether oxygens (including phenoxy) is 2. The van der Waals surface area contributed by atoms with Crippen molar-refractivity contribution in [3.8, 4) is 29.6 Å². The molecule has 0 amide bonds. The Morgan fingerprint density at radius 2 is 1.87 bits per heavy atom. The summed E-state index contributed by atoms with van der Waals surface area (Å²) in [5.74, 6) is 1.89. The minimum absolute atomic E-state index is 0.0191. The molecule has 1 atom stereocenters. The molecule has 3 saturated heterocycles. The number of nitrogens with zero attached hydrogens (tertiary/aromatic N) is 5. The topological polar surface area (TPSA) is 89.6 Å². The zero-order chi connectivity index (χ0) is 32.0. The van der Waals surface area contributed by atoms with Gasteiger partial charge in [-0.1, -0.05) is 12.0 Å². The quantitative estimate of drug-likeness (QED) is 0.223. The van der Waals surface area contributed by atoms with Crippen molar-refractivity contribution < 1.29 is 22.6 Å². The number of pyridine rings is 1. The number of benzene rings is 2. The normalized spacial score (nSPS) is 20.3. The predicted octanol–water partition coefficient (Wildman–Crippen LogP) is 5.82. The summed E-state index contributed by atoms with van der Waals surface area (Å²) < 4.78 is 53.8. The fourth-order valence-electron chi connectivity index (χ4n) is 7.94. The molecule has 4 aliphatic heterocycles. The molecular weight excluding hydrogens is 593 g/mol. The summed E-state index contributed by atoms with van der Waals surface area (Å²) in [5, 5.41) is 1.58. The summed E-state index contributed by atoms with van der Waals surface area (Å²) >= 11 is 0. The fourth-order valence-corrected chi connectivity index (χ4v) is 7.94. The Morgan fingerprint density at radius 3 is 2.65 bits per heavy atom. The second-order valence-electron chi connectivity index (χ2n) is 12.5. The molecule has 0 aliphatic carbocycles. The molecule has 1 unspecified atom stereocenters. The van der Waals surface area contributed by atoms with Crippen molar-refractivity contribution in [3.63, 3.8) is 0 Å². The molecule has 2 aromatic heterocycles. The Bertz CT molecular complexity index is 1850. The lowest BCUT2D eigenvalue weighted by molar-refractivity contribution is 0.108. The third-order valence-corrected chi connectivity index (χ3v) is 10.0. The zero-order valence-corrected chi connectivity index (χ0v) is 25.9. The number of nitrogens with two attached hydrogens (primary N) is 1. The number of alkyl halides is 1. The average molecular weight is 631 g/mol. The number of terminal acetylenes is 1. The van der Waals surface area contributed by atoms with Gasteiger partial charge in [0.25, 0.3) is 0 Å². The van der Waals surface area contributed by atoms with Crippen LogP contribution in [0.25, 0.3) is 32.9 Å². The highest BCUT2D eigenvalue weighted by atomic mass is 19.1. The smallest absolute Gasteiger partial charge is 0.319 e. The van der Waals surface area contributed by atoms with Crippen LogP contribution >= 0.6 is 0 Å². The number of aryl methyl sites for hydroxylation is 1. The first-order chi connectivity index (χ1) is 22.5. The monoisotopic (exact) mass is 630 g/mol. The van der Waals surface area contributed by atoms with Crippen molar-refractivity contribution in [2.24, 2.45) is 0 Å². The Hall–Kier alpha value is -4.14. The van der Waals surface area contributed by atoms with Crippen LogP contribution in [0.3, 0.4) is 0 Å². The maximum absolute atomic E-state index is 17.0. The molecule has 240 valence electrons. The molecule has 2 aromatic carbocycles. The van der Waals surface area contributed by atoms with Crippen LogP contribution in [-0.2, 0) is 11.2 Å². The van der Waals surface area contributed by atoms with Crippen LogP contribution in [0.4, 0.5) is 24.7 Å². The van der Waals surface area contributed by atoms with E-state index < -0.39 is 11.6 Å². The summed E-state index contributed by atoms with van der Waals surface area (Å²) in [6.45, 7) is 4.54. The molecule has 4 aromatic rings. The molecule has 0 spiro atoms. The van der Waals surface area contributed by atoms with Gasteiger partial charge in [-0.05, 0) is 81.6 Å². The van der Waals surface area contributed by atoms with Crippen molar-refractivity contribution in [2.75, 3.05) is 57.3 Å². The Kier molecular flexibility index (Phi) is 8.11. The summed E-state index contributed by atoms with van der Waals surface area (Å²) in [7, 11) is 0.500. The number of nitrogen functional groups attached to an aromatic ring is 1. The highest BCUT2D eigenvalue weighted by Gasteiger charge is 2.45. The van der Waals surface area contributed by atoms with Gasteiger partial charge in [0, 0.05) is 29.8 Å². The molecule has 6 heterocycles. The van der Waals surface area contributed by atoms with Gasteiger partial charge in [0.15, 0.2) is 5.82 Å². The van der Waals surface area contributed by atoms with E-state index in [1.807, 2.05) is 0 Å². The van der Waals surface area contributed by atoms with E-state index in [2.05, 4.69) is 15.7 Å². The number of halogens is 3. The van der Waals surface area contributed by atoms with E-state index in [9.17, 15) is 8.78 Å². The summed E-state index contributed by atoms with van der Waals surface area (Å²) in [4.78, 5) is 19.3. The van der Waals surface area contributed by atoms with Crippen LogP contribution in [0.1, 0.15) is 49.8 Å². The number of fused-ring (bicyclic) bond motifs is 4. The average Bonchev–Trinajstić information content (AvgIpc) is 3.51. The molecule has 8 rings (SSSR count).